The van der Waals surface area contributed by atoms with E-state index in [-0.39, 0.29) is 12.1 Å². The van der Waals surface area contributed by atoms with Gasteiger partial charge in [-0.05, 0) is 43.0 Å². The lowest BCUT2D eigenvalue weighted by atomic mass is 10.0. The molecule has 0 bridgehead atoms. The van der Waals surface area contributed by atoms with Gasteiger partial charge in [0.1, 0.15) is 0 Å². The Morgan fingerprint density at radius 3 is 2.80 bits per heavy atom. The zero-order valence-electron chi connectivity index (χ0n) is 11.6. The van der Waals surface area contributed by atoms with Crippen LogP contribution in [0.3, 0.4) is 0 Å². The van der Waals surface area contributed by atoms with E-state index in [1.54, 1.807) is 12.1 Å². The molecule has 0 aromatic heterocycles. The summed E-state index contributed by atoms with van der Waals surface area (Å²) in [5.41, 5.74) is 2.56. The molecule has 3 rings (SSSR count). The fraction of sp³-hybridized carbons (Fsp3) is 0.562. The molecule has 0 saturated heterocycles. The van der Waals surface area contributed by atoms with Gasteiger partial charge in [0, 0.05) is 12.2 Å². The molecule has 20 heavy (non-hydrogen) atoms. The smallest absolute Gasteiger partial charge is 0.335 e. The first-order valence-corrected chi connectivity index (χ1v) is 7.48. The van der Waals surface area contributed by atoms with Crippen LogP contribution in [-0.4, -0.2) is 34.9 Å². The van der Waals surface area contributed by atoms with E-state index in [0.717, 1.165) is 43.5 Å². The fourth-order valence-electron chi connectivity index (χ4n) is 3.54. The summed E-state index contributed by atoms with van der Waals surface area (Å²) >= 11 is 0. The van der Waals surface area contributed by atoms with Gasteiger partial charge in [0.15, 0.2) is 0 Å². The topological polar surface area (TPSA) is 60.8 Å². The summed E-state index contributed by atoms with van der Waals surface area (Å²) in [5, 5.41) is 19.4. The number of carboxylic acid groups (broad SMARTS) is 1. The summed E-state index contributed by atoms with van der Waals surface area (Å²) in [6.45, 7) is 0.889. The second-order valence-corrected chi connectivity index (χ2v) is 5.86. The van der Waals surface area contributed by atoms with Gasteiger partial charge in [-0.1, -0.05) is 19.3 Å². The lowest BCUT2D eigenvalue weighted by Gasteiger charge is -2.33. The third kappa shape index (κ3) is 2.40. The molecule has 4 nitrogen and oxygen atoms in total. The minimum Gasteiger partial charge on any atom is -0.478 e. The number of rotatable bonds is 2. The molecular formula is C16H21NO3. The zero-order chi connectivity index (χ0) is 14.1. The van der Waals surface area contributed by atoms with Crippen molar-refractivity contribution >= 4 is 11.7 Å². The average Bonchev–Trinajstić information content (AvgIpc) is 2.73. The highest BCUT2D eigenvalue weighted by Gasteiger charge is 2.31. The van der Waals surface area contributed by atoms with E-state index in [0.29, 0.717) is 5.56 Å². The number of benzene rings is 1. The molecule has 4 heteroatoms. The van der Waals surface area contributed by atoms with Crippen molar-refractivity contribution in [2.45, 2.75) is 50.7 Å². The number of carbonyl (C=O) groups is 1. The quantitative estimate of drug-likeness (QED) is 0.814. The first-order valence-electron chi connectivity index (χ1n) is 7.48. The predicted octanol–water partition coefficient (Wildman–Crippen LogP) is 2.44. The Labute approximate surface area is 119 Å². The van der Waals surface area contributed by atoms with Crippen molar-refractivity contribution in [2.75, 3.05) is 11.4 Å². The third-order valence-electron chi connectivity index (χ3n) is 4.60. The molecule has 1 aromatic carbocycles. The normalized spacial score (nSPS) is 26.1. The molecule has 1 saturated carbocycles. The van der Waals surface area contributed by atoms with Crippen LogP contribution in [0.1, 0.15) is 48.0 Å². The fourth-order valence-corrected chi connectivity index (χ4v) is 3.54. The van der Waals surface area contributed by atoms with Gasteiger partial charge in [0.2, 0.25) is 0 Å². The molecule has 0 amide bonds. The first-order chi connectivity index (χ1) is 9.66. The van der Waals surface area contributed by atoms with Crippen LogP contribution in [0.25, 0.3) is 0 Å². The molecule has 1 aliphatic heterocycles. The number of carboxylic acids is 1. The van der Waals surface area contributed by atoms with Crippen LogP contribution >= 0.6 is 0 Å². The van der Waals surface area contributed by atoms with E-state index < -0.39 is 5.97 Å². The van der Waals surface area contributed by atoms with Crippen molar-refractivity contribution in [1.82, 2.24) is 0 Å². The highest BCUT2D eigenvalue weighted by molar-refractivity contribution is 5.88. The van der Waals surface area contributed by atoms with E-state index in [1.165, 1.54) is 12.8 Å². The highest BCUT2D eigenvalue weighted by atomic mass is 16.4. The Balaban J connectivity index is 1.86. The molecule has 1 aliphatic carbocycles. The van der Waals surface area contributed by atoms with E-state index in [1.807, 2.05) is 6.07 Å². The van der Waals surface area contributed by atoms with Gasteiger partial charge in [0.05, 0.1) is 17.7 Å². The van der Waals surface area contributed by atoms with Crippen LogP contribution in [0.15, 0.2) is 18.2 Å². The molecule has 1 heterocycles. The van der Waals surface area contributed by atoms with E-state index in [9.17, 15) is 9.90 Å². The van der Waals surface area contributed by atoms with Crippen molar-refractivity contribution in [3.05, 3.63) is 29.3 Å². The van der Waals surface area contributed by atoms with Gasteiger partial charge in [0.25, 0.3) is 0 Å². The number of hydrogen-bond donors (Lipinski definition) is 2. The second-order valence-electron chi connectivity index (χ2n) is 5.86. The Morgan fingerprint density at radius 2 is 2.00 bits per heavy atom. The van der Waals surface area contributed by atoms with Gasteiger partial charge in [-0.3, -0.25) is 0 Å². The van der Waals surface area contributed by atoms with Gasteiger partial charge < -0.3 is 15.1 Å². The molecule has 108 valence electrons. The molecule has 2 unspecified atom stereocenters. The van der Waals surface area contributed by atoms with Crippen molar-refractivity contribution in [1.29, 1.82) is 0 Å². The lowest BCUT2D eigenvalue weighted by Crippen LogP contribution is -2.42. The maximum atomic E-state index is 11.0. The second kappa shape index (κ2) is 5.44. The Hall–Kier alpha value is -1.55. The molecule has 2 aliphatic rings. The maximum absolute atomic E-state index is 11.0. The highest BCUT2D eigenvalue weighted by Crippen LogP contribution is 2.34. The van der Waals surface area contributed by atoms with Crippen LogP contribution in [-0.2, 0) is 6.42 Å². The number of fused-ring (bicyclic) bond motifs is 1. The average molecular weight is 275 g/mol. The van der Waals surface area contributed by atoms with Crippen LogP contribution < -0.4 is 4.90 Å². The monoisotopic (exact) mass is 275 g/mol. The van der Waals surface area contributed by atoms with E-state index >= 15 is 0 Å². The summed E-state index contributed by atoms with van der Waals surface area (Å²) in [4.78, 5) is 13.3. The summed E-state index contributed by atoms with van der Waals surface area (Å²) in [6, 6.07) is 5.54. The molecule has 2 atom stereocenters. The molecule has 0 spiro atoms. The Kier molecular flexibility index (Phi) is 3.66. The number of nitrogens with zero attached hydrogens (tertiary/aromatic N) is 1. The molecule has 2 N–H and O–H groups in total. The Bertz CT molecular complexity index is 514. The summed E-state index contributed by atoms with van der Waals surface area (Å²) < 4.78 is 0. The molecular weight excluding hydrogens is 254 g/mol. The van der Waals surface area contributed by atoms with Gasteiger partial charge in [-0.2, -0.15) is 0 Å². The molecule has 1 fully saturated rings. The number of hydrogen-bond acceptors (Lipinski definition) is 3. The van der Waals surface area contributed by atoms with Crippen LogP contribution in [0, 0.1) is 0 Å². The van der Waals surface area contributed by atoms with Gasteiger partial charge in [-0.25, -0.2) is 4.79 Å². The minimum absolute atomic E-state index is 0.189. The van der Waals surface area contributed by atoms with Gasteiger partial charge in [-0.15, -0.1) is 0 Å². The molecule has 0 radical (unpaired) electrons. The SMILES string of the molecule is O=C(O)c1ccc2c(c1)CCN2C1CCCCCC1O. The maximum Gasteiger partial charge on any atom is 0.335 e. The predicted molar refractivity (Wildman–Crippen MR) is 77.3 cm³/mol. The largest absolute Gasteiger partial charge is 0.478 e. The third-order valence-corrected chi connectivity index (χ3v) is 4.60. The lowest BCUT2D eigenvalue weighted by molar-refractivity contribution is 0.0696. The van der Waals surface area contributed by atoms with Crippen LogP contribution in [0.2, 0.25) is 0 Å². The number of anilines is 1. The number of aliphatic hydroxyl groups excluding tert-OH is 1. The van der Waals surface area contributed by atoms with Crippen LogP contribution in [0.5, 0.6) is 0 Å². The minimum atomic E-state index is -0.874. The standard InChI is InChI=1S/C16H21NO3/c18-15-5-3-1-2-4-14(15)17-9-8-11-10-12(16(19)20)6-7-13(11)17/h6-7,10,14-15,18H,1-5,8-9H2,(H,19,20). The summed E-state index contributed by atoms with van der Waals surface area (Å²) in [5.74, 6) is -0.874. The van der Waals surface area contributed by atoms with E-state index in [2.05, 4.69) is 4.90 Å². The summed E-state index contributed by atoms with van der Waals surface area (Å²) in [6.07, 6.45) is 6.00. The molecule has 1 aromatic rings. The summed E-state index contributed by atoms with van der Waals surface area (Å²) in [7, 11) is 0. The van der Waals surface area contributed by atoms with E-state index in [4.69, 9.17) is 5.11 Å². The number of aromatic carboxylic acids is 1. The van der Waals surface area contributed by atoms with Gasteiger partial charge >= 0.3 is 5.97 Å². The number of aliphatic hydroxyl groups is 1. The zero-order valence-corrected chi connectivity index (χ0v) is 11.6. The van der Waals surface area contributed by atoms with Crippen molar-refractivity contribution in [2.24, 2.45) is 0 Å². The van der Waals surface area contributed by atoms with Crippen molar-refractivity contribution in [3.8, 4) is 0 Å². The van der Waals surface area contributed by atoms with Crippen molar-refractivity contribution < 1.29 is 15.0 Å². The Morgan fingerprint density at radius 1 is 1.20 bits per heavy atom. The van der Waals surface area contributed by atoms with Crippen molar-refractivity contribution in [3.63, 3.8) is 0 Å². The first kappa shape index (κ1) is 13.4. The van der Waals surface area contributed by atoms with Crippen LogP contribution in [0.4, 0.5) is 5.69 Å².